The molecule has 66 heavy (non-hydrogen) atoms. The summed E-state index contributed by atoms with van der Waals surface area (Å²) in [6, 6.07) is 29.2. The Morgan fingerprint density at radius 2 is 1.41 bits per heavy atom. The second kappa shape index (κ2) is 28.8. The fraction of sp³-hybridized carbons (Fsp3) is 0.261. The van der Waals surface area contributed by atoms with Crippen LogP contribution >= 0.6 is 24.0 Å². The van der Waals surface area contributed by atoms with E-state index in [1.54, 1.807) is 37.7 Å². The predicted octanol–water partition coefficient (Wildman–Crippen LogP) is 5.38. The number of carbonyl (C=O) groups is 4. The van der Waals surface area contributed by atoms with Crippen molar-refractivity contribution in [1.29, 1.82) is 0 Å². The number of aliphatic hydroxyl groups excluding tert-OH is 1. The Labute approximate surface area is 392 Å². The molecule has 3 aromatic carbocycles. The number of ether oxygens (including phenoxy) is 1. The number of hydrogen-bond donors (Lipinski definition) is 5. The molecule has 0 bridgehead atoms. The first-order valence-electron chi connectivity index (χ1n) is 19.7. The number of imidazole rings is 1. The molecule has 3 aromatic heterocycles. The van der Waals surface area contributed by atoms with E-state index in [9.17, 15) is 33.9 Å². The number of aliphatic hydroxyl groups is 1. The van der Waals surface area contributed by atoms with Crippen LogP contribution < -0.4 is 21.7 Å². The Kier molecular flexibility index (Phi) is 24.9. The minimum atomic E-state index is -1.26. The van der Waals surface area contributed by atoms with Crippen molar-refractivity contribution in [3.05, 3.63) is 158 Å². The summed E-state index contributed by atoms with van der Waals surface area (Å²) in [5, 5.41) is 34.5. The van der Waals surface area contributed by atoms with Crippen molar-refractivity contribution in [3.63, 3.8) is 0 Å². The number of carboxylic acids is 3. The van der Waals surface area contributed by atoms with Crippen molar-refractivity contribution >= 4 is 59.0 Å². The monoisotopic (exact) mass is 951 g/mol. The Bertz CT molecular complexity index is 2630. The minimum absolute atomic E-state index is 0. The topological polar surface area (TPSA) is 262 Å². The Hall–Kier alpha value is -6.96. The van der Waals surface area contributed by atoms with E-state index in [1.165, 1.54) is 37.0 Å². The third-order valence-electron chi connectivity index (χ3n) is 8.68. The summed E-state index contributed by atoms with van der Waals surface area (Å²) in [4.78, 5) is 74.4. The van der Waals surface area contributed by atoms with Gasteiger partial charge in [0.05, 0.1) is 18.1 Å². The number of nitrogens with zero attached hydrogens (tertiary/aromatic N) is 6. The van der Waals surface area contributed by atoms with Crippen molar-refractivity contribution in [1.82, 2.24) is 28.6 Å². The van der Waals surface area contributed by atoms with Gasteiger partial charge in [-0.1, -0.05) is 72.3 Å². The maximum Gasteiger partial charge on any atom is 0.339 e. The number of halogens is 2. The number of aliphatic carboxylic acids is 2. The van der Waals surface area contributed by atoms with E-state index >= 15 is 0 Å². The van der Waals surface area contributed by atoms with Crippen LogP contribution in [0.25, 0.3) is 22.4 Å². The molecule has 6 N–H and O–H groups in total. The second-order valence-corrected chi connectivity index (χ2v) is 14.7. The van der Waals surface area contributed by atoms with Crippen LogP contribution in [0.4, 0.5) is 0 Å². The average Bonchev–Trinajstić information content (AvgIpc) is 3.66. The van der Waals surface area contributed by atoms with Gasteiger partial charge in [-0.15, -0.1) is 12.4 Å². The van der Waals surface area contributed by atoms with Gasteiger partial charge in [-0.2, -0.15) is 0 Å². The molecule has 3 heterocycles. The molecule has 0 saturated heterocycles. The predicted molar refractivity (Wildman–Crippen MR) is 254 cm³/mol. The number of aromatic nitrogens is 5. The van der Waals surface area contributed by atoms with Crippen LogP contribution in [-0.4, -0.2) is 99.6 Å². The lowest BCUT2D eigenvalue weighted by molar-refractivity contribution is -0.134. The Balaban J connectivity index is 0.000000422. The molecule has 0 aliphatic heterocycles. The maximum absolute atomic E-state index is 11.7. The number of hydrogen-bond acceptors (Lipinski definition) is 12. The standard InChI is InChI=1S/C16H19ClN2.C9H13NO.C9H8O4.C8H10N4O2.C4H4O4.ClH/c1-19(2)12-4-6-15-5-3-7-16(18-15)13-8-10-14(17)11-9-13;1-7(10)9(11)8-5-3-2-4-6-8;1-6(10)13-8-5-3-2-4-7(8)9(11)12;1-10-4-9-6-5(10)7(13)12(3)8(14)11(6)2;5-3(6)1-2-4(7)8;/h3,5,7-11H,4,6,12H2,1-2H3;2-7,9,11H,10H2,1H3;2-5H,1H3,(H,11,12);4H,1-3H3;1-2H,(H,5,6)(H,7,8);1H/b;;;;2-1+;/t;7-,9-;;;;/m.1..../s1. The summed E-state index contributed by atoms with van der Waals surface area (Å²) in [6.45, 7) is 4.10. The fourth-order valence-electron chi connectivity index (χ4n) is 5.43. The van der Waals surface area contributed by atoms with Crippen LogP contribution in [-0.2, 0) is 41.9 Å². The van der Waals surface area contributed by atoms with E-state index in [4.69, 9.17) is 37.6 Å². The number of esters is 1. The zero-order chi connectivity index (χ0) is 48.8. The number of rotatable bonds is 11. The number of fused-ring (bicyclic) bond motifs is 1. The molecular formula is C46H55Cl2N7O11. The van der Waals surface area contributed by atoms with Gasteiger partial charge in [-0.3, -0.25) is 23.7 Å². The van der Waals surface area contributed by atoms with Crippen molar-refractivity contribution < 1.29 is 44.3 Å². The summed E-state index contributed by atoms with van der Waals surface area (Å²) < 4.78 is 8.73. The van der Waals surface area contributed by atoms with Crippen molar-refractivity contribution in [2.45, 2.75) is 38.8 Å². The molecule has 6 rings (SSSR count). The highest BCUT2D eigenvalue weighted by atomic mass is 35.5. The van der Waals surface area contributed by atoms with Crippen LogP contribution in [0.2, 0.25) is 5.02 Å². The van der Waals surface area contributed by atoms with E-state index in [-0.39, 0.29) is 41.0 Å². The van der Waals surface area contributed by atoms with Gasteiger partial charge in [-0.05, 0) is 82.4 Å². The zero-order valence-electron chi connectivity index (χ0n) is 37.4. The molecule has 0 spiro atoms. The van der Waals surface area contributed by atoms with Gasteiger partial charge in [-0.25, -0.2) is 24.2 Å². The normalized spacial score (nSPS) is 11.1. The summed E-state index contributed by atoms with van der Waals surface area (Å²) in [5.74, 6) is -4.09. The van der Waals surface area contributed by atoms with Crippen LogP contribution in [0.5, 0.6) is 5.75 Å². The van der Waals surface area contributed by atoms with E-state index < -0.39 is 30.0 Å². The number of carbonyl (C=O) groups excluding carboxylic acids is 1. The average molecular weight is 953 g/mol. The number of nitrogens with two attached hydrogens (primary N) is 1. The van der Waals surface area contributed by atoms with E-state index in [1.807, 2.05) is 60.7 Å². The first kappa shape index (κ1) is 57.1. The highest BCUT2D eigenvalue weighted by Gasteiger charge is 2.13. The fourth-order valence-corrected chi connectivity index (χ4v) is 5.56. The van der Waals surface area contributed by atoms with E-state index in [2.05, 4.69) is 40.8 Å². The third-order valence-corrected chi connectivity index (χ3v) is 8.93. The van der Waals surface area contributed by atoms with Gasteiger partial charge in [0.25, 0.3) is 5.56 Å². The summed E-state index contributed by atoms with van der Waals surface area (Å²) in [5.41, 5.74) is 9.83. The summed E-state index contributed by atoms with van der Waals surface area (Å²) >= 11 is 5.90. The molecule has 2 atom stereocenters. The zero-order valence-corrected chi connectivity index (χ0v) is 39.0. The van der Waals surface area contributed by atoms with Gasteiger partial charge < -0.3 is 40.4 Å². The SMILES string of the molecule is CC(=O)Oc1ccccc1C(=O)O.CN(C)CCCc1cccc(-c2ccc(Cl)cc2)n1.C[C@@H](N)[C@@H](O)c1ccccc1.Cl.Cn1c(=O)c2c(ncn2C)n(C)c1=O.O=C(O)/C=C/C(=O)O. The number of aryl methyl sites for hydroxylation is 3. The van der Waals surface area contributed by atoms with Crippen LogP contribution in [0.1, 0.15) is 48.0 Å². The van der Waals surface area contributed by atoms with Crippen LogP contribution in [0.3, 0.4) is 0 Å². The van der Waals surface area contributed by atoms with Gasteiger partial charge in [0.1, 0.15) is 11.3 Å². The number of para-hydroxylation sites is 1. The quantitative estimate of drug-likeness (QED) is 0.0621. The molecule has 6 aromatic rings. The number of aromatic carboxylic acids is 1. The number of benzene rings is 3. The van der Waals surface area contributed by atoms with Gasteiger partial charge >= 0.3 is 29.6 Å². The highest BCUT2D eigenvalue weighted by molar-refractivity contribution is 6.30. The molecule has 20 heteroatoms. The van der Waals surface area contributed by atoms with Crippen molar-refractivity contribution in [3.8, 4) is 17.0 Å². The Morgan fingerprint density at radius 3 is 1.94 bits per heavy atom. The van der Waals surface area contributed by atoms with Crippen molar-refractivity contribution in [2.24, 2.45) is 26.9 Å². The molecule has 0 amide bonds. The third kappa shape index (κ3) is 19.4. The molecule has 0 unspecified atom stereocenters. The van der Waals surface area contributed by atoms with Crippen LogP contribution in [0, 0.1) is 0 Å². The Morgan fingerprint density at radius 1 is 0.833 bits per heavy atom. The first-order chi connectivity index (χ1) is 30.6. The largest absolute Gasteiger partial charge is 0.478 e. The van der Waals surface area contributed by atoms with Crippen LogP contribution in [0.15, 0.2) is 125 Å². The first-order valence-corrected chi connectivity index (χ1v) is 20.1. The van der Waals surface area contributed by atoms with E-state index in [0.29, 0.717) is 23.3 Å². The molecule has 0 saturated carbocycles. The highest BCUT2D eigenvalue weighted by Crippen LogP contribution is 2.21. The molecule has 0 aliphatic rings. The van der Waals surface area contributed by atoms with Gasteiger partial charge in [0.2, 0.25) is 0 Å². The smallest absolute Gasteiger partial charge is 0.339 e. The van der Waals surface area contributed by atoms with Gasteiger partial charge in [0.15, 0.2) is 11.2 Å². The molecule has 0 fully saturated rings. The summed E-state index contributed by atoms with van der Waals surface area (Å²) in [7, 11) is 8.96. The molecule has 354 valence electrons. The molecular weight excluding hydrogens is 897 g/mol. The lowest BCUT2D eigenvalue weighted by Gasteiger charge is -2.13. The van der Waals surface area contributed by atoms with Gasteiger partial charge in [0, 0.05) is 62.5 Å². The maximum atomic E-state index is 11.7. The number of pyridine rings is 1. The lowest BCUT2D eigenvalue weighted by Crippen LogP contribution is -2.37. The number of carboxylic acid groups (broad SMARTS) is 3. The lowest BCUT2D eigenvalue weighted by atomic mass is 10.0. The summed E-state index contributed by atoms with van der Waals surface area (Å²) in [6.07, 6.45) is 4.23. The van der Waals surface area contributed by atoms with Crippen molar-refractivity contribution in [2.75, 3.05) is 20.6 Å². The minimum Gasteiger partial charge on any atom is -0.478 e. The molecule has 0 radical (unpaired) electrons. The second-order valence-electron chi connectivity index (χ2n) is 14.3. The van der Waals surface area contributed by atoms with E-state index in [0.717, 1.165) is 51.5 Å². The molecule has 0 aliphatic carbocycles. The molecule has 18 nitrogen and oxygen atoms in total.